The van der Waals surface area contributed by atoms with Crippen LogP contribution in [-0.2, 0) is 4.79 Å². The Morgan fingerprint density at radius 1 is 0.875 bits per heavy atom. The second-order valence-electron chi connectivity index (χ2n) is 4.59. The van der Waals surface area contributed by atoms with Crippen LogP contribution in [0.3, 0.4) is 0 Å². The fraction of sp³-hybridized carbons (Fsp3) is 0.538. The predicted molar refractivity (Wildman–Crippen MR) is 78.4 cm³/mol. The average Bonchev–Trinajstić information content (AvgIpc) is 2.59. The molecule has 1 heterocycles. The highest BCUT2D eigenvalue weighted by Crippen LogP contribution is 2.15. The van der Waals surface area contributed by atoms with Crippen LogP contribution in [0.4, 0.5) is 0 Å². The number of aromatic nitrogens is 3. The zero-order valence-electron chi connectivity index (χ0n) is 12.9. The predicted octanol–water partition coefficient (Wildman–Crippen LogP) is -2.40. The van der Waals surface area contributed by atoms with Gasteiger partial charge in [0.05, 0.1) is 19.8 Å². The van der Waals surface area contributed by atoms with Crippen molar-refractivity contribution in [2.24, 2.45) is 0 Å². The maximum absolute atomic E-state index is 9.60. The Labute approximate surface area is 137 Å². The minimum atomic E-state index is -1.41. The van der Waals surface area contributed by atoms with Gasteiger partial charge in [-0.1, -0.05) is 6.58 Å². The zero-order chi connectivity index (χ0) is 18.9. The van der Waals surface area contributed by atoms with Crippen molar-refractivity contribution in [3.8, 4) is 0 Å². The van der Waals surface area contributed by atoms with E-state index in [-0.39, 0.29) is 23.0 Å². The number of rotatable bonds is 7. The maximum atomic E-state index is 9.60. The van der Waals surface area contributed by atoms with E-state index in [4.69, 9.17) is 20.4 Å². The molecule has 0 spiro atoms. The standard InChI is InChI=1S/C9H15N3O6.C4H6O2/c13-1-4(16)7-10-8(5(17)2-14)12-9(11-7)6(18)3-15;1-3(2)4(5)6/h4-6,13-18H,1-3H2;1H2,2H3,(H,5,6). The lowest BCUT2D eigenvalue weighted by molar-refractivity contribution is -0.132. The van der Waals surface area contributed by atoms with Crippen molar-refractivity contribution in [2.75, 3.05) is 19.8 Å². The highest BCUT2D eigenvalue weighted by atomic mass is 16.4. The van der Waals surface area contributed by atoms with E-state index >= 15 is 0 Å². The number of carboxylic acid groups (broad SMARTS) is 1. The number of hydrogen-bond donors (Lipinski definition) is 7. The summed E-state index contributed by atoms with van der Waals surface area (Å²) in [6.07, 6.45) is -4.24. The molecule has 3 atom stereocenters. The van der Waals surface area contributed by atoms with E-state index in [1.54, 1.807) is 0 Å². The monoisotopic (exact) mass is 347 g/mol. The Morgan fingerprint density at radius 2 is 1.08 bits per heavy atom. The summed E-state index contributed by atoms with van der Waals surface area (Å²) in [5, 5.41) is 62.4. The Morgan fingerprint density at radius 3 is 1.21 bits per heavy atom. The van der Waals surface area contributed by atoms with Gasteiger partial charge in [-0.25, -0.2) is 19.7 Å². The molecule has 0 radical (unpaired) electrons. The van der Waals surface area contributed by atoms with Crippen LogP contribution in [0, 0.1) is 0 Å². The molecule has 7 N–H and O–H groups in total. The van der Waals surface area contributed by atoms with E-state index in [1.807, 2.05) is 0 Å². The molecule has 3 unspecified atom stereocenters. The molecular weight excluding hydrogens is 326 g/mol. The molecule has 0 amide bonds. The van der Waals surface area contributed by atoms with Gasteiger partial charge in [-0.15, -0.1) is 0 Å². The summed E-state index contributed by atoms with van der Waals surface area (Å²) in [6, 6.07) is 0. The largest absolute Gasteiger partial charge is 0.478 e. The molecule has 0 saturated carbocycles. The molecular formula is C13H21N3O8. The lowest BCUT2D eigenvalue weighted by atomic mass is 10.3. The number of carbonyl (C=O) groups is 1. The maximum Gasteiger partial charge on any atom is 0.330 e. The van der Waals surface area contributed by atoms with Crippen LogP contribution in [0.1, 0.15) is 42.7 Å². The number of hydrogen-bond acceptors (Lipinski definition) is 10. The Bertz CT molecular complexity index is 473. The van der Waals surface area contributed by atoms with Crippen molar-refractivity contribution in [1.29, 1.82) is 0 Å². The van der Waals surface area contributed by atoms with Gasteiger partial charge in [0, 0.05) is 5.57 Å². The van der Waals surface area contributed by atoms with E-state index < -0.39 is 44.1 Å². The van der Waals surface area contributed by atoms with Gasteiger partial charge in [-0.2, -0.15) is 0 Å². The lowest BCUT2D eigenvalue weighted by Gasteiger charge is -2.14. The van der Waals surface area contributed by atoms with E-state index in [9.17, 15) is 20.1 Å². The molecule has 1 aromatic heterocycles. The molecule has 0 fully saturated rings. The van der Waals surface area contributed by atoms with Gasteiger partial charge in [-0.3, -0.25) is 0 Å². The summed E-state index contributed by atoms with van der Waals surface area (Å²) >= 11 is 0. The van der Waals surface area contributed by atoms with Crippen molar-refractivity contribution in [3.63, 3.8) is 0 Å². The summed E-state index contributed by atoms with van der Waals surface area (Å²) < 4.78 is 0. The molecule has 11 heteroatoms. The van der Waals surface area contributed by atoms with Crippen molar-refractivity contribution in [3.05, 3.63) is 29.6 Å². The highest BCUT2D eigenvalue weighted by molar-refractivity contribution is 5.84. The number of nitrogens with zero attached hydrogens (tertiary/aromatic N) is 3. The summed E-state index contributed by atoms with van der Waals surface area (Å²) in [5.74, 6) is -1.73. The summed E-state index contributed by atoms with van der Waals surface area (Å²) in [7, 11) is 0. The van der Waals surface area contributed by atoms with Crippen molar-refractivity contribution in [1.82, 2.24) is 15.0 Å². The topological polar surface area (TPSA) is 197 Å². The van der Waals surface area contributed by atoms with Crippen LogP contribution >= 0.6 is 0 Å². The SMILES string of the molecule is C=C(C)C(=O)O.OCC(O)c1nc(C(O)CO)nc(C(O)CO)n1. The van der Waals surface area contributed by atoms with Crippen LogP contribution in [0.2, 0.25) is 0 Å². The fourth-order valence-corrected chi connectivity index (χ4v) is 1.12. The van der Waals surface area contributed by atoms with Gasteiger partial charge >= 0.3 is 5.97 Å². The summed E-state index contributed by atoms with van der Waals surface area (Å²) in [5.41, 5.74) is 0.176. The molecule has 0 bridgehead atoms. The average molecular weight is 347 g/mol. The number of carboxylic acids is 1. The van der Waals surface area contributed by atoms with Crippen LogP contribution in [0.25, 0.3) is 0 Å². The van der Waals surface area contributed by atoms with Crippen LogP contribution < -0.4 is 0 Å². The first-order valence-corrected chi connectivity index (χ1v) is 6.69. The van der Waals surface area contributed by atoms with E-state index in [0.717, 1.165) is 0 Å². The van der Waals surface area contributed by atoms with Gasteiger partial charge in [-0.05, 0) is 6.92 Å². The zero-order valence-corrected chi connectivity index (χ0v) is 12.9. The lowest BCUT2D eigenvalue weighted by Crippen LogP contribution is -2.19. The first-order chi connectivity index (χ1) is 11.2. The fourth-order valence-electron chi connectivity index (χ4n) is 1.12. The van der Waals surface area contributed by atoms with Crippen molar-refractivity contribution < 1.29 is 40.5 Å². The van der Waals surface area contributed by atoms with Gasteiger partial charge in [0.15, 0.2) is 17.5 Å². The Hall–Kier alpha value is -2.02. The van der Waals surface area contributed by atoms with Crippen molar-refractivity contribution >= 4 is 5.97 Å². The Balaban J connectivity index is 0.000000754. The minimum absolute atomic E-state index is 0.176. The molecule has 0 aliphatic rings. The minimum Gasteiger partial charge on any atom is -0.478 e. The first-order valence-electron chi connectivity index (χ1n) is 6.69. The number of aliphatic carboxylic acids is 1. The molecule has 0 aliphatic carbocycles. The molecule has 136 valence electrons. The number of aliphatic hydroxyl groups is 6. The van der Waals surface area contributed by atoms with E-state index in [1.165, 1.54) is 6.92 Å². The second-order valence-corrected chi connectivity index (χ2v) is 4.59. The third kappa shape index (κ3) is 7.04. The van der Waals surface area contributed by atoms with Gasteiger partial charge in [0.1, 0.15) is 18.3 Å². The smallest absolute Gasteiger partial charge is 0.330 e. The molecule has 24 heavy (non-hydrogen) atoms. The molecule has 0 aliphatic heterocycles. The van der Waals surface area contributed by atoms with E-state index in [2.05, 4.69) is 21.5 Å². The third-order valence-electron chi connectivity index (χ3n) is 2.47. The van der Waals surface area contributed by atoms with E-state index in [0.29, 0.717) is 0 Å². The third-order valence-corrected chi connectivity index (χ3v) is 2.47. The summed E-state index contributed by atoms with van der Waals surface area (Å²) in [4.78, 5) is 20.6. The normalized spacial score (nSPS) is 14.1. The van der Waals surface area contributed by atoms with Crippen LogP contribution in [-0.4, -0.2) is 76.5 Å². The second kappa shape index (κ2) is 10.7. The number of aliphatic hydroxyl groups excluding tert-OH is 6. The van der Waals surface area contributed by atoms with Gasteiger partial charge in [0.25, 0.3) is 0 Å². The molecule has 11 nitrogen and oxygen atoms in total. The molecule has 1 aromatic rings. The van der Waals surface area contributed by atoms with Crippen LogP contribution in [0.15, 0.2) is 12.2 Å². The Kier molecular flexibility index (Phi) is 9.80. The van der Waals surface area contributed by atoms with Gasteiger partial charge < -0.3 is 35.7 Å². The van der Waals surface area contributed by atoms with Crippen LogP contribution in [0.5, 0.6) is 0 Å². The van der Waals surface area contributed by atoms with Gasteiger partial charge in [0.2, 0.25) is 0 Å². The summed E-state index contributed by atoms with van der Waals surface area (Å²) in [6.45, 7) is 2.62. The molecule has 0 saturated heterocycles. The van der Waals surface area contributed by atoms with Crippen molar-refractivity contribution in [2.45, 2.75) is 25.2 Å². The quantitative estimate of drug-likeness (QED) is 0.259. The molecule has 0 aromatic carbocycles. The molecule has 1 rings (SSSR count). The highest BCUT2D eigenvalue weighted by Gasteiger charge is 2.20. The first kappa shape index (κ1) is 22.0.